The number of nitrogens with zero attached hydrogens (tertiary/aromatic N) is 5. The van der Waals surface area contributed by atoms with E-state index in [1.807, 2.05) is 18.7 Å². The predicted octanol–water partition coefficient (Wildman–Crippen LogP) is 4.13. The van der Waals surface area contributed by atoms with Crippen molar-refractivity contribution >= 4 is 0 Å². The molecule has 0 unspecified atom stereocenters. The van der Waals surface area contributed by atoms with E-state index in [9.17, 15) is 0 Å². The maximum atomic E-state index is 4.66. The number of imidazole rings is 1. The first-order valence-corrected chi connectivity index (χ1v) is 10.2. The van der Waals surface area contributed by atoms with Gasteiger partial charge in [-0.15, -0.1) is 0 Å². The molecule has 0 bridgehead atoms. The molecule has 25 heavy (non-hydrogen) atoms. The van der Waals surface area contributed by atoms with Crippen molar-refractivity contribution in [1.29, 1.82) is 0 Å². The van der Waals surface area contributed by atoms with E-state index in [0.717, 1.165) is 6.54 Å². The summed E-state index contributed by atoms with van der Waals surface area (Å²) in [7, 11) is 0. The summed E-state index contributed by atoms with van der Waals surface area (Å²) in [6, 6.07) is 0.595. The third-order valence-electron chi connectivity index (χ3n) is 5.88. The zero-order chi connectivity index (χ0) is 16.9. The molecule has 2 aromatic heterocycles. The van der Waals surface area contributed by atoms with Gasteiger partial charge in [0, 0.05) is 18.3 Å². The van der Waals surface area contributed by atoms with E-state index in [4.69, 9.17) is 0 Å². The Morgan fingerprint density at radius 2 is 1.72 bits per heavy atom. The Balaban J connectivity index is 1.36. The van der Waals surface area contributed by atoms with Crippen LogP contribution in [0.2, 0.25) is 0 Å². The van der Waals surface area contributed by atoms with Gasteiger partial charge in [-0.2, -0.15) is 5.10 Å². The van der Waals surface area contributed by atoms with Crippen LogP contribution >= 0.6 is 0 Å². The smallest absolute Gasteiger partial charge is 0.0950 e. The Morgan fingerprint density at radius 3 is 2.56 bits per heavy atom. The molecule has 2 aliphatic rings. The molecular weight excluding hydrogens is 310 g/mol. The lowest BCUT2D eigenvalue weighted by molar-refractivity contribution is 0.223. The highest BCUT2D eigenvalue weighted by atomic mass is 15.3. The van der Waals surface area contributed by atoms with Gasteiger partial charge >= 0.3 is 0 Å². The van der Waals surface area contributed by atoms with Crippen molar-refractivity contribution in [2.75, 3.05) is 19.6 Å². The van der Waals surface area contributed by atoms with E-state index in [1.54, 1.807) is 0 Å². The minimum atomic E-state index is 0.595. The lowest BCUT2D eigenvalue weighted by atomic mass is 9.96. The molecule has 1 aliphatic heterocycles. The summed E-state index contributed by atoms with van der Waals surface area (Å²) in [6.07, 6.45) is 20.2. The average Bonchev–Trinajstić information content (AvgIpc) is 3.32. The highest BCUT2D eigenvalue weighted by Crippen LogP contribution is 2.29. The summed E-state index contributed by atoms with van der Waals surface area (Å²) in [6.45, 7) is 4.81. The van der Waals surface area contributed by atoms with Gasteiger partial charge in [-0.05, 0) is 51.7 Å². The van der Waals surface area contributed by atoms with Crippen LogP contribution in [0.3, 0.4) is 0 Å². The molecule has 5 nitrogen and oxygen atoms in total. The van der Waals surface area contributed by atoms with Gasteiger partial charge in [-0.1, -0.05) is 25.7 Å². The highest BCUT2D eigenvalue weighted by Gasteiger charge is 2.17. The van der Waals surface area contributed by atoms with E-state index < -0.39 is 0 Å². The molecule has 0 radical (unpaired) electrons. The standard InChI is InChI=1S/C20H31N5/c1-3-8-19(9-4-1)25-16-18(14-22-25)20-15-21-17-24(20)13-7-12-23-10-5-2-6-11-23/h14-17,19H,1-13H2. The number of hydrogen-bond acceptors (Lipinski definition) is 3. The van der Waals surface area contributed by atoms with Gasteiger partial charge in [-0.25, -0.2) is 4.98 Å². The third kappa shape index (κ3) is 4.14. The van der Waals surface area contributed by atoms with Gasteiger partial charge < -0.3 is 9.47 Å². The molecule has 5 heteroatoms. The summed E-state index contributed by atoms with van der Waals surface area (Å²) in [5.74, 6) is 0. The fraction of sp³-hybridized carbons (Fsp3) is 0.700. The normalized spacial score (nSPS) is 20.2. The molecule has 1 aliphatic carbocycles. The number of likely N-dealkylation sites (tertiary alicyclic amines) is 1. The molecule has 1 saturated heterocycles. The summed E-state index contributed by atoms with van der Waals surface area (Å²) in [5.41, 5.74) is 2.42. The van der Waals surface area contributed by atoms with Crippen LogP contribution in [0.15, 0.2) is 24.9 Å². The van der Waals surface area contributed by atoms with Crippen molar-refractivity contribution in [3.05, 3.63) is 24.9 Å². The SMILES string of the molecule is c1nn(C2CCCCC2)cc1-c1cncn1CCCN1CCCCC1. The molecule has 4 rings (SSSR count). The van der Waals surface area contributed by atoms with Crippen molar-refractivity contribution in [1.82, 2.24) is 24.2 Å². The second-order valence-electron chi connectivity index (χ2n) is 7.73. The number of piperidine rings is 1. The molecule has 0 amide bonds. The lowest BCUT2D eigenvalue weighted by Crippen LogP contribution is -2.31. The first kappa shape index (κ1) is 16.8. The maximum absolute atomic E-state index is 4.66. The quantitative estimate of drug-likeness (QED) is 0.793. The number of hydrogen-bond donors (Lipinski definition) is 0. The minimum Gasteiger partial charge on any atom is -0.330 e. The third-order valence-corrected chi connectivity index (χ3v) is 5.88. The van der Waals surface area contributed by atoms with E-state index in [2.05, 4.69) is 30.4 Å². The molecule has 1 saturated carbocycles. The zero-order valence-electron chi connectivity index (χ0n) is 15.3. The van der Waals surface area contributed by atoms with E-state index in [-0.39, 0.29) is 0 Å². The number of aryl methyl sites for hydroxylation is 1. The zero-order valence-corrected chi connectivity index (χ0v) is 15.3. The van der Waals surface area contributed by atoms with Crippen LogP contribution in [0.5, 0.6) is 0 Å². The van der Waals surface area contributed by atoms with Crippen LogP contribution in [-0.4, -0.2) is 43.9 Å². The van der Waals surface area contributed by atoms with E-state index in [0.29, 0.717) is 6.04 Å². The van der Waals surface area contributed by atoms with Gasteiger partial charge in [0.05, 0.1) is 30.5 Å². The largest absolute Gasteiger partial charge is 0.330 e. The van der Waals surface area contributed by atoms with Crippen LogP contribution in [0.1, 0.15) is 63.8 Å². The van der Waals surface area contributed by atoms with E-state index >= 15 is 0 Å². The van der Waals surface area contributed by atoms with Crippen LogP contribution in [0.4, 0.5) is 0 Å². The summed E-state index contributed by atoms with van der Waals surface area (Å²) >= 11 is 0. The van der Waals surface area contributed by atoms with Gasteiger partial charge in [0.1, 0.15) is 0 Å². The molecule has 0 N–H and O–H groups in total. The second kappa shape index (κ2) is 8.17. The number of rotatable bonds is 6. The van der Waals surface area contributed by atoms with Crippen molar-refractivity contribution in [3.8, 4) is 11.3 Å². The first-order chi connectivity index (χ1) is 12.4. The molecular formula is C20H31N5. The van der Waals surface area contributed by atoms with Gasteiger partial charge in [-0.3, -0.25) is 4.68 Å². The number of aromatic nitrogens is 4. The van der Waals surface area contributed by atoms with Crippen LogP contribution in [0, 0.1) is 0 Å². The summed E-state index contributed by atoms with van der Waals surface area (Å²) in [5, 5.41) is 4.66. The Labute approximate surface area is 151 Å². The molecule has 136 valence electrons. The molecule has 0 atom stereocenters. The molecule has 0 spiro atoms. The summed E-state index contributed by atoms with van der Waals surface area (Å²) < 4.78 is 4.49. The maximum Gasteiger partial charge on any atom is 0.0950 e. The van der Waals surface area contributed by atoms with Crippen molar-refractivity contribution in [2.45, 2.75) is 70.4 Å². The molecule has 0 aromatic carbocycles. The Morgan fingerprint density at radius 1 is 0.920 bits per heavy atom. The molecule has 3 heterocycles. The van der Waals surface area contributed by atoms with Crippen LogP contribution in [0.25, 0.3) is 11.3 Å². The van der Waals surface area contributed by atoms with Crippen LogP contribution < -0.4 is 0 Å². The van der Waals surface area contributed by atoms with Crippen molar-refractivity contribution in [3.63, 3.8) is 0 Å². The fourth-order valence-corrected chi connectivity index (χ4v) is 4.40. The monoisotopic (exact) mass is 341 g/mol. The first-order valence-electron chi connectivity index (χ1n) is 10.2. The lowest BCUT2D eigenvalue weighted by Gasteiger charge is -2.26. The Hall–Kier alpha value is -1.62. The van der Waals surface area contributed by atoms with Gasteiger partial charge in [0.15, 0.2) is 0 Å². The Bertz CT molecular complexity index is 647. The van der Waals surface area contributed by atoms with Crippen molar-refractivity contribution < 1.29 is 0 Å². The second-order valence-corrected chi connectivity index (χ2v) is 7.73. The van der Waals surface area contributed by atoms with Gasteiger partial charge in [0.25, 0.3) is 0 Å². The highest BCUT2D eigenvalue weighted by molar-refractivity contribution is 5.56. The Kier molecular flexibility index (Phi) is 5.50. The summed E-state index contributed by atoms with van der Waals surface area (Å²) in [4.78, 5) is 7.01. The minimum absolute atomic E-state index is 0.595. The fourth-order valence-electron chi connectivity index (χ4n) is 4.40. The average molecular weight is 342 g/mol. The predicted molar refractivity (Wildman–Crippen MR) is 100 cm³/mol. The molecule has 2 aromatic rings. The van der Waals surface area contributed by atoms with Crippen LogP contribution in [-0.2, 0) is 6.54 Å². The molecule has 2 fully saturated rings. The topological polar surface area (TPSA) is 38.9 Å². The van der Waals surface area contributed by atoms with Gasteiger partial charge in [0.2, 0.25) is 0 Å². The van der Waals surface area contributed by atoms with E-state index in [1.165, 1.54) is 88.7 Å². The van der Waals surface area contributed by atoms with Crippen molar-refractivity contribution in [2.24, 2.45) is 0 Å².